The van der Waals surface area contributed by atoms with Gasteiger partial charge < -0.3 is 10.6 Å². The first-order valence-corrected chi connectivity index (χ1v) is 6.97. The molecule has 0 aromatic carbocycles. The molecule has 2 N–H and O–H groups in total. The van der Waals surface area contributed by atoms with E-state index in [4.69, 9.17) is 5.73 Å². The fraction of sp³-hybridized carbons (Fsp3) is 0.929. The number of rotatable bonds is 8. The van der Waals surface area contributed by atoms with Gasteiger partial charge in [0.25, 0.3) is 0 Å². The minimum atomic E-state index is -0.392. The highest BCUT2D eigenvalue weighted by Crippen LogP contribution is 2.24. The summed E-state index contributed by atoms with van der Waals surface area (Å²) in [7, 11) is 0. The van der Waals surface area contributed by atoms with Crippen LogP contribution in [-0.2, 0) is 4.79 Å². The molecule has 0 heterocycles. The van der Waals surface area contributed by atoms with Crippen LogP contribution >= 0.6 is 0 Å². The Labute approximate surface area is 107 Å². The molecule has 3 nitrogen and oxygen atoms in total. The Morgan fingerprint density at radius 1 is 1.35 bits per heavy atom. The van der Waals surface area contributed by atoms with Crippen LogP contribution in [0.15, 0.2) is 0 Å². The van der Waals surface area contributed by atoms with E-state index in [1.807, 2.05) is 18.7 Å². The lowest BCUT2D eigenvalue weighted by molar-refractivity contribution is -0.143. The molecule has 17 heavy (non-hydrogen) atoms. The third-order valence-electron chi connectivity index (χ3n) is 3.88. The molecule has 0 spiro atoms. The van der Waals surface area contributed by atoms with Crippen molar-refractivity contribution in [2.75, 3.05) is 13.1 Å². The summed E-state index contributed by atoms with van der Waals surface area (Å²) in [6.45, 7) is 11.7. The summed E-state index contributed by atoms with van der Waals surface area (Å²) < 4.78 is 0. The van der Waals surface area contributed by atoms with Crippen LogP contribution < -0.4 is 5.73 Å². The van der Waals surface area contributed by atoms with E-state index in [9.17, 15) is 4.79 Å². The normalized spacial score (nSPS) is 16.4. The van der Waals surface area contributed by atoms with E-state index >= 15 is 0 Å². The topological polar surface area (TPSA) is 46.3 Å². The summed E-state index contributed by atoms with van der Waals surface area (Å²) in [5, 5.41) is 0. The van der Waals surface area contributed by atoms with Crippen molar-refractivity contribution in [2.24, 2.45) is 11.1 Å². The second kappa shape index (κ2) is 7.70. The number of nitrogens with two attached hydrogens (primary N) is 1. The molecular weight excluding hydrogens is 212 g/mol. The maximum absolute atomic E-state index is 12.6. The maximum Gasteiger partial charge on any atom is 0.230 e. The molecule has 2 atom stereocenters. The van der Waals surface area contributed by atoms with Crippen molar-refractivity contribution in [1.29, 1.82) is 0 Å². The van der Waals surface area contributed by atoms with E-state index in [0.29, 0.717) is 12.6 Å². The molecule has 0 fully saturated rings. The first-order chi connectivity index (χ1) is 7.96. The van der Waals surface area contributed by atoms with Crippen molar-refractivity contribution >= 4 is 5.91 Å². The van der Waals surface area contributed by atoms with E-state index < -0.39 is 5.41 Å². The predicted octanol–water partition coefficient (Wildman–Crippen LogP) is 2.79. The van der Waals surface area contributed by atoms with Crippen molar-refractivity contribution < 1.29 is 4.79 Å². The third-order valence-corrected chi connectivity index (χ3v) is 3.88. The molecule has 1 amide bonds. The molecule has 0 aromatic heterocycles. The Kier molecular flexibility index (Phi) is 7.44. The van der Waals surface area contributed by atoms with Crippen molar-refractivity contribution in [3.05, 3.63) is 0 Å². The maximum atomic E-state index is 12.6. The highest BCUT2D eigenvalue weighted by atomic mass is 16.2. The zero-order chi connectivity index (χ0) is 13.5. The van der Waals surface area contributed by atoms with Crippen LogP contribution in [0.2, 0.25) is 0 Å². The van der Waals surface area contributed by atoms with Gasteiger partial charge in [-0.2, -0.15) is 0 Å². The van der Waals surface area contributed by atoms with E-state index in [2.05, 4.69) is 20.8 Å². The third kappa shape index (κ3) is 4.30. The first kappa shape index (κ1) is 16.4. The van der Waals surface area contributed by atoms with Gasteiger partial charge in [0.2, 0.25) is 5.91 Å². The van der Waals surface area contributed by atoms with Gasteiger partial charge in [-0.3, -0.25) is 4.79 Å². The Morgan fingerprint density at radius 3 is 2.29 bits per heavy atom. The zero-order valence-corrected chi connectivity index (χ0v) is 12.3. The van der Waals surface area contributed by atoms with Crippen LogP contribution in [0.1, 0.15) is 60.3 Å². The number of carbonyl (C=O) groups is 1. The van der Waals surface area contributed by atoms with Gasteiger partial charge >= 0.3 is 0 Å². The highest BCUT2D eigenvalue weighted by Gasteiger charge is 2.34. The van der Waals surface area contributed by atoms with E-state index in [1.54, 1.807) is 0 Å². The number of carbonyl (C=O) groups excluding carboxylic acids is 1. The van der Waals surface area contributed by atoms with Gasteiger partial charge in [-0.05, 0) is 33.1 Å². The summed E-state index contributed by atoms with van der Waals surface area (Å²) in [4.78, 5) is 14.6. The largest absolute Gasteiger partial charge is 0.339 e. The Bertz CT molecular complexity index is 224. The van der Waals surface area contributed by atoms with Gasteiger partial charge in [0, 0.05) is 19.1 Å². The van der Waals surface area contributed by atoms with Crippen molar-refractivity contribution in [1.82, 2.24) is 4.90 Å². The second-order valence-corrected chi connectivity index (χ2v) is 5.23. The first-order valence-electron chi connectivity index (χ1n) is 6.97. The van der Waals surface area contributed by atoms with Crippen LogP contribution in [0.25, 0.3) is 0 Å². The quantitative estimate of drug-likeness (QED) is 0.711. The number of hydrogen-bond donors (Lipinski definition) is 1. The van der Waals surface area contributed by atoms with Crippen LogP contribution in [0.3, 0.4) is 0 Å². The van der Waals surface area contributed by atoms with Crippen molar-refractivity contribution in [3.63, 3.8) is 0 Å². The van der Waals surface area contributed by atoms with Gasteiger partial charge in [0.05, 0.1) is 5.41 Å². The lowest BCUT2D eigenvalue weighted by atomic mass is 9.85. The zero-order valence-electron chi connectivity index (χ0n) is 12.3. The molecule has 0 aliphatic rings. The highest BCUT2D eigenvalue weighted by molar-refractivity contribution is 5.82. The van der Waals surface area contributed by atoms with E-state index in [-0.39, 0.29) is 5.91 Å². The lowest BCUT2D eigenvalue weighted by Crippen LogP contribution is -2.49. The van der Waals surface area contributed by atoms with Gasteiger partial charge in [0.15, 0.2) is 0 Å². The molecule has 0 rings (SSSR count). The molecule has 102 valence electrons. The number of amides is 1. The molecule has 0 aromatic rings. The van der Waals surface area contributed by atoms with Crippen LogP contribution in [0.4, 0.5) is 0 Å². The van der Waals surface area contributed by atoms with Crippen LogP contribution in [0, 0.1) is 5.41 Å². The molecule has 0 aliphatic heterocycles. The molecule has 0 saturated carbocycles. The fourth-order valence-electron chi connectivity index (χ4n) is 1.80. The predicted molar refractivity (Wildman–Crippen MR) is 73.8 cm³/mol. The molecule has 3 heteroatoms. The van der Waals surface area contributed by atoms with E-state index in [0.717, 1.165) is 32.2 Å². The standard InChI is InChI=1S/C14H30N2O/c1-6-9-10-16(12(4)7-2)13(17)14(5,8-3)11-15/h12H,6-11,15H2,1-5H3. The number of nitrogens with zero attached hydrogens (tertiary/aromatic N) is 1. The SMILES string of the molecule is CCCCN(C(=O)C(C)(CC)CN)C(C)CC. The molecule has 2 unspecified atom stereocenters. The molecule has 0 bridgehead atoms. The van der Waals surface area contributed by atoms with E-state index in [1.165, 1.54) is 0 Å². The second-order valence-electron chi connectivity index (χ2n) is 5.23. The van der Waals surface area contributed by atoms with Crippen molar-refractivity contribution in [3.8, 4) is 0 Å². The Morgan fingerprint density at radius 2 is 1.94 bits per heavy atom. The van der Waals surface area contributed by atoms with Gasteiger partial charge in [-0.25, -0.2) is 0 Å². The minimum Gasteiger partial charge on any atom is -0.339 e. The Balaban J connectivity index is 4.84. The summed E-state index contributed by atoms with van der Waals surface area (Å²) in [5.41, 5.74) is 5.39. The summed E-state index contributed by atoms with van der Waals surface area (Å²) >= 11 is 0. The summed E-state index contributed by atoms with van der Waals surface area (Å²) in [5.74, 6) is 0.227. The Hall–Kier alpha value is -0.570. The van der Waals surface area contributed by atoms with Crippen molar-refractivity contribution in [2.45, 2.75) is 66.3 Å². The smallest absolute Gasteiger partial charge is 0.230 e. The summed E-state index contributed by atoms with van der Waals surface area (Å²) in [6, 6.07) is 0.312. The molecule has 0 saturated heterocycles. The number of hydrogen-bond acceptors (Lipinski definition) is 2. The fourth-order valence-corrected chi connectivity index (χ4v) is 1.80. The van der Waals surface area contributed by atoms with Gasteiger partial charge in [-0.1, -0.05) is 27.2 Å². The molecule has 0 radical (unpaired) electrons. The van der Waals surface area contributed by atoms with Crippen LogP contribution in [0.5, 0.6) is 0 Å². The molecule has 0 aliphatic carbocycles. The number of unbranched alkanes of at least 4 members (excludes halogenated alkanes) is 1. The van der Waals surface area contributed by atoms with Gasteiger partial charge in [0.1, 0.15) is 0 Å². The van der Waals surface area contributed by atoms with Gasteiger partial charge in [-0.15, -0.1) is 0 Å². The average molecular weight is 242 g/mol. The lowest BCUT2D eigenvalue weighted by Gasteiger charge is -2.36. The minimum absolute atomic E-state index is 0.227. The summed E-state index contributed by atoms with van der Waals surface area (Å²) in [6.07, 6.45) is 3.99. The monoisotopic (exact) mass is 242 g/mol. The molecular formula is C14H30N2O. The van der Waals surface area contributed by atoms with Crippen LogP contribution in [-0.4, -0.2) is 29.9 Å². The average Bonchev–Trinajstić information content (AvgIpc) is 2.37.